The Kier molecular flexibility index (Phi) is 2.69. The number of carboxylic acids is 1. The van der Waals surface area contributed by atoms with E-state index in [4.69, 9.17) is 9.52 Å². The van der Waals surface area contributed by atoms with E-state index in [0.29, 0.717) is 11.1 Å². The molecule has 0 bridgehead atoms. The fourth-order valence-electron chi connectivity index (χ4n) is 1.92. The first-order valence-electron chi connectivity index (χ1n) is 5.38. The van der Waals surface area contributed by atoms with Gasteiger partial charge in [-0.3, -0.25) is 0 Å². The lowest BCUT2D eigenvalue weighted by molar-refractivity contribution is 0.0664. The van der Waals surface area contributed by atoms with Gasteiger partial charge in [0.15, 0.2) is 0 Å². The molecule has 3 heteroatoms. The van der Waals surface area contributed by atoms with Crippen molar-refractivity contribution in [2.45, 2.75) is 26.7 Å². The molecule has 0 atom stereocenters. The number of carbonyl (C=O) groups is 1. The molecule has 2 rings (SSSR count). The van der Waals surface area contributed by atoms with Crippen LogP contribution in [0.4, 0.5) is 0 Å². The fraction of sp³-hybridized carbons (Fsp3) is 0.308. The van der Waals surface area contributed by atoms with Crippen molar-refractivity contribution in [2.24, 2.45) is 0 Å². The van der Waals surface area contributed by atoms with E-state index in [2.05, 4.69) is 6.92 Å². The molecule has 0 amide bonds. The molecule has 0 radical (unpaired) electrons. The Morgan fingerprint density at radius 1 is 1.44 bits per heavy atom. The molecule has 84 valence electrons. The molecule has 2 aromatic rings. The average Bonchev–Trinajstić information content (AvgIpc) is 2.57. The second-order valence-corrected chi connectivity index (χ2v) is 3.94. The second-order valence-electron chi connectivity index (χ2n) is 3.94. The number of aromatic carboxylic acids is 1. The van der Waals surface area contributed by atoms with Crippen molar-refractivity contribution in [3.05, 3.63) is 35.1 Å². The van der Waals surface area contributed by atoms with Gasteiger partial charge in [-0.2, -0.15) is 0 Å². The summed E-state index contributed by atoms with van der Waals surface area (Å²) in [5, 5.41) is 9.85. The summed E-state index contributed by atoms with van der Waals surface area (Å²) >= 11 is 0. The van der Waals surface area contributed by atoms with Crippen LogP contribution in [0.3, 0.4) is 0 Å². The molecule has 0 unspecified atom stereocenters. The number of carboxylic acid groups (broad SMARTS) is 1. The zero-order chi connectivity index (χ0) is 11.7. The van der Waals surface area contributed by atoms with E-state index < -0.39 is 5.97 Å². The zero-order valence-corrected chi connectivity index (χ0v) is 9.41. The summed E-state index contributed by atoms with van der Waals surface area (Å²) in [5.74, 6) is -0.964. The molecule has 3 nitrogen and oxygen atoms in total. The highest BCUT2D eigenvalue weighted by Crippen LogP contribution is 2.26. The smallest absolute Gasteiger partial charge is 0.372 e. The van der Waals surface area contributed by atoms with Gasteiger partial charge in [0.2, 0.25) is 5.76 Å². The maximum atomic E-state index is 10.9. The van der Waals surface area contributed by atoms with Gasteiger partial charge in [0, 0.05) is 10.9 Å². The Labute approximate surface area is 93.7 Å². The van der Waals surface area contributed by atoms with E-state index in [1.165, 1.54) is 5.56 Å². The van der Waals surface area contributed by atoms with Gasteiger partial charge in [-0.05, 0) is 31.0 Å². The lowest BCUT2D eigenvalue weighted by atomic mass is 10.1. The molecule has 1 heterocycles. The quantitative estimate of drug-likeness (QED) is 0.859. The van der Waals surface area contributed by atoms with E-state index in [1.807, 2.05) is 18.2 Å². The molecular formula is C13H14O3. The lowest BCUT2D eigenvalue weighted by Crippen LogP contribution is -1.95. The van der Waals surface area contributed by atoms with Crippen LogP contribution in [-0.2, 0) is 6.42 Å². The molecule has 0 saturated heterocycles. The van der Waals surface area contributed by atoms with Crippen LogP contribution >= 0.6 is 0 Å². The molecule has 1 aromatic carbocycles. The molecule has 0 saturated carbocycles. The minimum absolute atomic E-state index is 0.0450. The Morgan fingerprint density at radius 2 is 2.19 bits per heavy atom. The Balaban J connectivity index is 2.59. The van der Waals surface area contributed by atoms with Crippen LogP contribution in [0.1, 0.15) is 35.0 Å². The molecular weight excluding hydrogens is 204 g/mol. The van der Waals surface area contributed by atoms with E-state index in [0.717, 1.165) is 18.2 Å². The largest absolute Gasteiger partial charge is 0.475 e. The topological polar surface area (TPSA) is 50.4 Å². The van der Waals surface area contributed by atoms with Crippen molar-refractivity contribution >= 4 is 16.9 Å². The minimum Gasteiger partial charge on any atom is -0.475 e. The van der Waals surface area contributed by atoms with Crippen molar-refractivity contribution < 1.29 is 14.3 Å². The molecule has 1 aromatic heterocycles. The highest BCUT2D eigenvalue weighted by molar-refractivity contribution is 5.95. The number of hydrogen-bond acceptors (Lipinski definition) is 2. The SMILES string of the molecule is CCCc1ccc2oc(C(=O)O)c(C)c2c1. The maximum absolute atomic E-state index is 10.9. The first-order valence-corrected chi connectivity index (χ1v) is 5.38. The van der Waals surface area contributed by atoms with Gasteiger partial charge in [0.25, 0.3) is 0 Å². The van der Waals surface area contributed by atoms with E-state index in [-0.39, 0.29) is 5.76 Å². The third-order valence-electron chi connectivity index (χ3n) is 2.73. The Bertz CT molecular complexity index is 537. The van der Waals surface area contributed by atoms with Crippen LogP contribution < -0.4 is 0 Å². The summed E-state index contributed by atoms with van der Waals surface area (Å²) in [5.41, 5.74) is 2.58. The number of fused-ring (bicyclic) bond motifs is 1. The van der Waals surface area contributed by atoms with Crippen molar-refractivity contribution in [3.8, 4) is 0 Å². The number of rotatable bonds is 3. The summed E-state index contributed by atoms with van der Waals surface area (Å²) in [6, 6.07) is 5.85. The van der Waals surface area contributed by atoms with E-state index >= 15 is 0 Å². The normalized spacial score (nSPS) is 10.9. The van der Waals surface area contributed by atoms with Gasteiger partial charge in [-0.15, -0.1) is 0 Å². The van der Waals surface area contributed by atoms with Gasteiger partial charge in [-0.25, -0.2) is 4.79 Å². The molecule has 0 aliphatic heterocycles. The summed E-state index contributed by atoms with van der Waals surface area (Å²) in [6.45, 7) is 3.90. The third kappa shape index (κ3) is 1.69. The number of hydrogen-bond donors (Lipinski definition) is 1. The fourth-order valence-corrected chi connectivity index (χ4v) is 1.92. The van der Waals surface area contributed by atoms with Crippen molar-refractivity contribution in [1.82, 2.24) is 0 Å². The zero-order valence-electron chi connectivity index (χ0n) is 9.41. The summed E-state index contributed by atoms with van der Waals surface area (Å²) in [6.07, 6.45) is 2.08. The molecule has 16 heavy (non-hydrogen) atoms. The first-order chi connectivity index (χ1) is 7.63. The van der Waals surface area contributed by atoms with Crippen LogP contribution in [0.15, 0.2) is 22.6 Å². The highest BCUT2D eigenvalue weighted by Gasteiger charge is 2.16. The summed E-state index contributed by atoms with van der Waals surface area (Å²) < 4.78 is 5.29. The number of aryl methyl sites for hydroxylation is 2. The standard InChI is InChI=1S/C13H14O3/c1-3-4-9-5-6-11-10(7-9)8(2)12(16-11)13(14)15/h5-7H,3-4H2,1-2H3,(H,14,15). The predicted molar refractivity (Wildman–Crippen MR) is 61.9 cm³/mol. The maximum Gasteiger partial charge on any atom is 0.372 e. The van der Waals surface area contributed by atoms with Gasteiger partial charge >= 0.3 is 5.97 Å². The van der Waals surface area contributed by atoms with Gasteiger partial charge in [0.1, 0.15) is 5.58 Å². The van der Waals surface area contributed by atoms with Gasteiger partial charge < -0.3 is 9.52 Å². The van der Waals surface area contributed by atoms with Gasteiger partial charge in [0.05, 0.1) is 0 Å². The van der Waals surface area contributed by atoms with E-state index in [9.17, 15) is 4.79 Å². The Hall–Kier alpha value is -1.77. The number of furan rings is 1. The van der Waals surface area contributed by atoms with E-state index in [1.54, 1.807) is 6.92 Å². The van der Waals surface area contributed by atoms with Crippen LogP contribution in [0.5, 0.6) is 0 Å². The van der Waals surface area contributed by atoms with Crippen molar-refractivity contribution in [1.29, 1.82) is 0 Å². The monoisotopic (exact) mass is 218 g/mol. The minimum atomic E-state index is -1.01. The lowest BCUT2D eigenvalue weighted by Gasteiger charge is -1.97. The van der Waals surface area contributed by atoms with Crippen molar-refractivity contribution in [3.63, 3.8) is 0 Å². The van der Waals surface area contributed by atoms with Crippen LogP contribution in [0.25, 0.3) is 11.0 Å². The molecule has 0 aliphatic carbocycles. The molecule has 0 fully saturated rings. The predicted octanol–water partition coefficient (Wildman–Crippen LogP) is 3.39. The van der Waals surface area contributed by atoms with Crippen LogP contribution in [0.2, 0.25) is 0 Å². The molecule has 0 spiro atoms. The van der Waals surface area contributed by atoms with Gasteiger partial charge in [-0.1, -0.05) is 19.4 Å². The summed E-state index contributed by atoms with van der Waals surface area (Å²) in [4.78, 5) is 10.9. The van der Waals surface area contributed by atoms with Crippen molar-refractivity contribution in [2.75, 3.05) is 0 Å². The average molecular weight is 218 g/mol. The van der Waals surface area contributed by atoms with Crippen LogP contribution in [0, 0.1) is 6.92 Å². The Morgan fingerprint density at radius 3 is 2.81 bits per heavy atom. The first kappa shape index (κ1) is 10.7. The highest BCUT2D eigenvalue weighted by atomic mass is 16.4. The summed E-state index contributed by atoms with van der Waals surface area (Å²) in [7, 11) is 0. The molecule has 0 aliphatic rings. The number of benzene rings is 1. The molecule has 1 N–H and O–H groups in total. The second kappa shape index (κ2) is 4.00. The van der Waals surface area contributed by atoms with Crippen LogP contribution in [-0.4, -0.2) is 11.1 Å². The third-order valence-corrected chi connectivity index (χ3v) is 2.73.